The zero-order chi connectivity index (χ0) is 38.1. The van der Waals surface area contributed by atoms with E-state index in [2.05, 4.69) is 35.5 Å². The number of aryl methyl sites for hydroxylation is 2. The summed E-state index contributed by atoms with van der Waals surface area (Å²) < 4.78 is 27.8. The number of aromatic carboxylic acids is 1. The number of aromatic nitrogens is 8. The highest BCUT2D eigenvalue weighted by Crippen LogP contribution is 2.29. The van der Waals surface area contributed by atoms with Gasteiger partial charge in [0.25, 0.3) is 5.91 Å². The van der Waals surface area contributed by atoms with Crippen molar-refractivity contribution in [2.75, 3.05) is 5.32 Å². The lowest BCUT2D eigenvalue weighted by atomic mass is 10.1. The SMILES string of the molecule is Cc1cccc(-n2nc(C(=O)Nc3ccccc3F)cc2-c2ccc3ncoc3c2)n1.Cc1cccc(-n2nc(C(=O)O)cc2-c2ccc3ncoc3c2)n1. The summed E-state index contributed by atoms with van der Waals surface area (Å²) in [6.07, 6.45) is 2.75. The molecule has 1 amide bonds. The van der Waals surface area contributed by atoms with E-state index in [1.807, 2.05) is 68.4 Å². The van der Waals surface area contributed by atoms with E-state index in [0.717, 1.165) is 33.5 Å². The lowest BCUT2D eigenvalue weighted by molar-refractivity contribution is 0.0689. The maximum absolute atomic E-state index is 14.0. The van der Waals surface area contributed by atoms with Crippen LogP contribution in [0.3, 0.4) is 0 Å². The average molecular weight is 734 g/mol. The van der Waals surface area contributed by atoms with Crippen LogP contribution >= 0.6 is 0 Å². The Morgan fingerprint density at radius 3 is 1.71 bits per heavy atom. The van der Waals surface area contributed by atoms with Crippen LogP contribution in [0.5, 0.6) is 0 Å². The summed E-state index contributed by atoms with van der Waals surface area (Å²) in [5, 5.41) is 20.5. The van der Waals surface area contributed by atoms with Crippen molar-refractivity contribution in [2.24, 2.45) is 0 Å². The lowest BCUT2D eigenvalue weighted by Crippen LogP contribution is -2.14. The van der Waals surface area contributed by atoms with Gasteiger partial charge in [-0.2, -0.15) is 10.2 Å². The van der Waals surface area contributed by atoms with Gasteiger partial charge in [0.05, 0.1) is 17.1 Å². The highest BCUT2D eigenvalue weighted by Gasteiger charge is 2.20. The third-order valence-corrected chi connectivity index (χ3v) is 8.43. The highest BCUT2D eigenvalue weighted by atomic mass is 19.1. The molecule has 0 radical (unpaired) electrons. The minimum atomic E-state index is -1.09. The predicted octanol–water partition coefficient (Wildman–Crippen LogP) is 7.86. The maximum atomic E-state index is 14.0. The van der Waals surface area contributed by atoms with E-state index >= 15 is 0 Å². The summed E-state index contributed by atoms with van der Waals surface area (Å²) in [6.45, 7) is 3.74. The molecule has 0 bridgehead atoms. The maximum Gasteiger partial charge on any atom is 0.356 e. The molecular formula is C40H28FN9O5. The molecule has 6 aromatic heterocycles. The summed E-state index contributed by atoms with van der Waals surface area (Å²) in [7, 11) is 0. The van der Waals surface area contributed by atoms with E-state index in [-0.39, 0.29) is 17.1 Å². The monoisotopic (exact) mass is 733 g/mol. The first-order chi connectivity index (χ1) is 26.7. The highest BCUT2D eigenvalue weighted by molar-refractivity contribution is 6.03. The second-order valence-corrected chi connectivity index (χ2v) is 12.2. The van der Waals surface area contributed by atoms with Crippen LogP contribution in [-0.2, 0) is 0 Å². The first kappa shape index (κ1) is 34.3. The van der Waals surface area contributed by atoms with Crippen LogP contribution in [0.2, 0.25) is 0 Å². The number of nitrogens with one attached hydrogen (secondary N) is 1. The van der Waals surface area contributed by atoms with Crippen LogP contribution in [0.4, 0.5) is 10.1 Å². The quantitative estimate of drug-likeness (QED) is 0.163. The fourth-order valence-electron chi connectivity index (χ4n) is 5.81. The standard InChI is InChI=1S/C23H16FN5O2.C17H12N4O3/c1-14-5-4-8-22(26-14)29-20(15-9-10-18-21(11-15)31-13-25-18)12-19(28-29)23(30)27-17-7-3-2-6-16(17)24;1-10-3-2-4-16(19-10)21-14(8-13(20-21)17(22)23)11-5-6-12-15(7-11)24-9-18-12/h2-13H,1H3,(H,27,30);2-9H,1H3,(H,22,23). The number of nitrogens with zero attached hydrogens (tertiary/aromatic N) is 8. The van der Waals surface area contributed by atoms with Gasteiger partial charge in [0.1, 0.15) is 16.9 Å². The number of anilines is 1. The average Bonchev–Trinajstić information content (AvgIpc) is 4.01. The third kappa shape index (κ3) is 7.04. The summed E-state index contributed by atoms with van der Waals surface area (Å²) in [6, 6.07) is 31.1. The van der Waals surface area contributed by atoms with Crippen molar-refractivity contribution in [2.45, 2.75) is 13.8 Å². The Balaban J connectivity index is 0.000000160. The Kier molecular flexibility index (Phi) is 8.92. The number of halogens is 1. The number of rotatable bonds is 7. The van der Waals surface area contributed by atoms with Gasteiger partial charge in [-0.05, 0) is 86.6 Å². The molecule has 0 saturated heterocycles. The third-order valence-electron chi connectivity index (χ3n) is 8.43. The van der Waals surface area contributed by atoms with Crippen molar-refractivity contribution >= 4 is 39.8 Å². The molecule has 0 atom stereocenters. The van der Waals surface area contributed by atoms with Crippen molar-refractivity contribution in [3.05, 3.63) is 151 Å². The Hall–Kier alpha value is -7.81. The zero-order valence-corrected chi connectivity index (χ0v) is 29.1. The number of carboxylic acids is 1. The van der Waals surface area contributed by atoms with Crippen LogP contribution < -0.4 is 5.32 Å². The Bertz CT molecular complexity index is 2870. The minimum Gasteiger partial charge on any atom is -0.476 e. The van der Waals surface area contributed by atoms with Crippen molar-refractivity contribution in [1.29, 1.82) is 0 Å². The van der Waals surface area contributed by atoms with Gasteiger partial charge in [-0.1, -0.05) is 36.4 Å². The number of carboxylic acid groups (broad SMARTS) is 1. The van der Waals surface area contributed by atoms with Crippen molar-refractivity contribution in [3.8, 4) is 34.2 Å². The normalized spacial score (nSPS) is 11.0. The van der Waals surface area contributed by atoms with Crippen LogP contribution in [0.1, 0.15) is 32.4 Å². The fourth-order valence-corrected chi connectivity index (χ4v) is 5.81. The lowest BCUT2D eigenvalue weighted by Gasteiger charge is -2.07. The van der Waals surface area contributed by atoms with Crippen LogP contribution in [0, 0.1) is 19.7 Å². The van der Waals surface area contributed by atoms with Gasteiger partial charge >= 0.3 is 5.97 Å². The van der Waals surface area contributed by atoms with Gasteiger partial charge in [0, 0.05) is 22.5 Å². The van der Waals surface area contributed by atoms with Gasteiger partial charge in [0.2, 0.25) is 0 Å². The number of carbonyl (C=O) groups is 2. The molecule has 0 spiro atoms. The number of para-hydroxylation sites is 1. The molecule has 0 aliphatic carbocycles. The predicted molar refractivity (Wildman–Crippen MR) is 200 cm³/mol. The Morgan fingerprint density at radius 1 is 0.655 bits per heavy atom. The molecule has 9 aromatic rings. The number of amides is 1. The van der Waals surface area contributed by atoms with E-state index in [1.165, 1.54) is 35.7 Å². The van der Waals surface area contributed by atoms with Crippen molar-refractivity contribution in [1.82, 2.24) is 39.5 Å². The molecule has 55 heavy (non-hydrogen) atoms. The first-order valence-electron chi connectivity index (χ1n) is 16.7. The number of pyridine rings is 2. The second-order valence-electron chi connectivity index (χ2n) is 12.2. The minimum absolute atomic E-state index is 0.0500. The molecule has 0 aliphatic heterocycles. The topological polar surface area (TPSA) is 180 Å². The number of oxazole rings is 2. The fraction of sp³-hybridized carbons (Fsp3) is 0.0500. The largest absolute Gasteiger partial charge is 0.476 e. The number of carbonyl (C=O) groups excluding carboxylic acids is 1. The summed E-state index contributed by atoms with van der Waals surface area (Å²) in [4.78, 5) is 41.3. The Labute approximate surface area is 310 Å². The van der Waals surface area contributed by atoms with E-state index < -0.39 is 17.7 Å². The van der Waals surface area contributed by atoms with E-state index in [0.29, 0.717) is 34.2 Å². The van der Waals surface area contributed by atoms with Crippen molar-refractivity contribution in [3.63, 3.8) is 0 Å². The van der Waals surface area contributed by atoms with Crippen LogP contribution in [0.15, 0.2) is 131 Å². The van der Waals surface area contributed by atoms with Crippen LogP contribution in [0.25, 0.3) is 56.3 Å². The molecule has 0 aliphatic rings. The summed E-state index contributed by atoms with van der Waals surface area (Å²) in [5.41, 5.74) is 7.25. The molecule has 3 aromatic carbocycles. The second kappa shape index (κ2) is 14.3. The first-order valence-corrected chi connectivity index (χ1v) is 16.7. The van der Waals surface area contributed by atoms with Gasteiger partial charge in [-0.3, -0.25) is 4.79 Å². The van der Waals surface area contributed by atoms with E-state index in [4.69, 9.17) is 8.83 Å². The number of fused-ring (bicyclic) bond motifs is 2. The molecular weight excluding hydrogens is 705 g/mol. The van der Waals surface area contributed by atoms with E-state index in [9.17, 15) is 19.1 Å². The Morgan fingerprint density at radius 2 is 1.18 bits per heavy atom. The molecule has 0 saturated carbocycles. The molecule has 270 valence electrons. The van der Waals surface area contributed by atoms with Crippen LogP contribution in [-0.4, -0.2) is 56.5 Å². The number of hydrogen-bond acceptors (Lipinski definition) is 10. The molecule has 15 heteroatoms. The zero-order valence-electron chi connectivity index (χ0n) is 29.1. The molecule has 0 unspecified atom stereocenters. The van der Waals surface area contributed by atoms with Crippen molar-refractivity contribution < 1.29 is 27.9 Å². The summed E-state index contributed by atoms with van der Waals surface area (Å²) >= 11 is 0. The van der Waals surface area contributed by atoms with Gasteiger partial charge < -0.3 is 19.3 Å². The van der Waals surface area contributed by atoms with E-state index in [1.54, 1.807) is 41.1 Å². The van der Waals surface area contributed by atoms with Gasteiger partial charge in [0.15, 0.2) is 47.0 Å². The molecule has 9 rings (SSSR count). The van der Waals surface area contributed by atoms with Gasteiger partial charge in [-0.15, -0.1) is 0 Å². The molecule has 2 N–H and O–H groups in total. The molecule has 0 fully saturated rings. The number of benzene rings is 3. The molecule has 14 nitrogen and oxygen atoms in total. The molecule has 6 heterocycles. The smallest absolute Gasteiger partial charge is 0.356 e. The van der Waals surface area contributed by atoms with Gasteiger partial charge in [-0.25, -0.2) is 38.5 Å². The number of hydrogen-bond donors (Lipinski definition) is 2. The summed E-state index contributed by atoms with van der Waals surface area (Å²) in [5.74, 6) is -1.04.